The molecule has 2 aromatic carbocycles. The molecule has 0 spiro atoms. The summed E-state index contributed by atoms with van der Waals surface area (Å²) in [6, 6.07) is 11.0. The van der Waals surface area contributed by atoms with Crippen molar-refractivity contribution in [2.75, 3.05) is 12.4 Å². The third-order valence-electron chi connectivity index (χ3n) is 3.45. The summed E-state index contributed by atoms with van der Waals surface area (Å²) in [5.74, 6) is 0.366. The van der Waals surface area contributed by atoms with Gasteiger partial charge in [-0.3, -0.25) is 0 Å². The number of ether oxygens (including phenoxy) is 1. The molecule has 0 amide bonds. The first kappa shape index (κ1) is 14.4. The molecule has 0 radical (unpaired) electrons. The Morgan fingerprint density at radius 3 is 2.55 bits per heavy atom. The first-order chi connectivity index (χ1) is 9.51. The van der Waals surface area contributed by atoms with Crippen molar-refractivity contribution in [3.05, 3.63) is 58.9 Å². The van der Waals surface area contributed by atoms with E-state index < -0.39 is 0 Å². The molecule has 0 fully saturated rings. The summed E-state index contributed by atoms with van der Waals surface area (Å²) in [6.07, 6.45) is 0. The fourth-order valence-electron chi connectivity index (χ4n) is 2.28. The quantitative estimate of drug-likeness (QED) is 0.877. The predicted octanol–water partition coefficient (Wildman–Crippen LogP) is 4.62. The van der Waals surface area contributed by atoms with E-state index in [-0.39, 0.29) is 11.9 Å². The van der Waals surface area contributed by atoms with Crippen LogP contribution in [0.15, 0.2) is 36.4 Å². The second-order valence-electron chi connectivity index (χ2n) is 5.07. The van der Waals surface area contributed by atoms with Crippen molar-refractivity contribution in [3.63, 3.8) is 0 Å². The molecule has 0 aromatic heterocycles. The van der Waals surface area contributed by atoms with Gasteiger partial charge in [-0.05, 0) is 44.0 Å². The molecular formula is C17H20FNO. The highest BCUT2D eigenvalue weighted by Gasteiger charge is 2.11. The Kier molecular flexibility index (Phi) is 4.28. The number of halogens is 1. The summed E-state index contributed by atoms with van der Waals surface area (Å²) in [7, 11) is 1.57. The van der Waals surface area contributed by atoms with E-state index in [1.165, 1.54) is 22.8 Å². The Balaban J connectivity index is 2.27. The molecule has 0 saturated heterocycles. The maximum atomic E-state index is 13.8. The fraction of sp³-hybridized carbons (Fsp3) is 0.294. The summed E-state index contributed by atoms with van der Waals surface area (Å²) in [5, 5.41) is 3.21. The van der Waals surface area contributed by atoms with E-state index in [0.717, 1.165) is 0 Å². The second-order valence-corrected chi connectivity index (χ2v) is 5.07. The number of anilines is 1. The van der Waals surface area contributed by atoms with Crippen LogP contribution in [0.1, 0.15) is 29.7 Å². The maximum Gasteiger partial charge on any atom is 0.146 e. The molecule has 1 unspecified atom stereocenters. The minimum Gasteiger partial charge on any atom is -0.497 e. The van der Waals surface area contributed by atoms with Crippen LogP contribution in [-0.4, -0.2) is 7.11 Å². The van der Waals surface area contributed by atoms with E-state index in [4.69, 9.17) is 4.74 Å². The molecular weight excluding hydrogens is 253 g/mol. The summed E-state index contributed by atoms with van der Waals surface area (Å²) < 4.78 is 19.0. The number of hydrogen-bond acceptors (Lipinski definition) is 2. The third-order valence-corrected chi connectivity index (χ3v) is 3.45. The lowest BCUT2D eigenvalue weighted by atomic mass is 10.00. The van der Waals surface area contributed by atoms with Crippen LogP contribution in [0, 0.1) is 19.7 Å². The second kappa shape index (κ2) is 5.95. The van der Waals surface area contributed by atoms with E-state index in [9.17, 15) is 4.39 Å². The van der Waals surface area contributed by atoms with Gasteiger partial charge in [0.1, 0.15) is 11.6 Å². The molecule has 1 atom stereocenters. The fourth-order valence-corrected chi connectivity index (χ4v) is 2.28. The molecule has 0 aliphatic rings. The SMILES string of the molecule is COc1ccc(F)c(NC(C)c2cc(C)ccc2C)c1. The number of nitrogens with one attached hydrogen (secondary N) is 1. The lowest BCUT2D eigenvalue weighted by molar-refractivity contribution is 0.414. The largest absolute Gasteiger partial charge is 0.497 e. The van der Waals surface area contributed by atoms with Gasteiger partial charge in [-0.25, -0.2) is 4.39 Å². The minimum atomic E-state index is -0.275. The average Bonchev–Trinajstić information content (AvgIpc) is 2.43. The molecule has 20 heavy (non-hydrogen) atoms. The van der Waals surface area contributed by atoms with E-state index in [1.807, 2.05) is 6.92 Å². The molecule has 2 nitrogen and oxygen atoms in total. The molecule has 0 aliphatic heterocycles. The van der Waals surface area contributed by atoms with E-state index in [1.54, 1.807) is 19.2 Å². The summed E-state index contributed by atoms with van der Waals surface area (Å²) >= 11 is 0. The van der Waals surface area contributed by atoms with Crippen LogP contribution in [0.5, 0.6) is 5.75 Å². The highest BCUT2D eigenvalue weighted by molar-refractivity contribution is 5.51. The molecule has 2 aromatic rings. The molecule has 1 N–H and O–H groups in total. The first-order valence-corrected chi connectivity index (χ1v) is 6.68. The van der Waals surface area contributed by atoms with Gasteiger partial charge in [-0.2, -0.15) is 0 Å². The Morgan fingerprint density at radius 2 is 1.85 bits per heavy atom. The van der Waals surface area contributed by atoms with Gasteiger partial charge in [0, 0.05) is 12.1 Å². The van der Waals surface area contributed by atoms with Crippen LogP contribution in [0.25, 0.3) is 0 Å². The highest BCUT2D eigenvalue weighted by atomic mass is 19.1. The third kappa shape index (κ3) is 3.10. The Morgan fingerprint density at radius 1 is 1.10 bits per heavy atom. The Bertz CT molecular complexity index is 610. The molecule has 2 rings (SSSR count). The van der Waals surface area contributed by atoms with Crippen molar-refractivity contribution in [2.24, 2.45) is 0 Å². The van der Waals surface area contributed by atoms with Gasteiger partial charge in [-0.1, -0.05) is 23.8 Å². The Labute approximate surface area is 119 Å². The van der Waals surface area contributed by atoms with Crippen LogP contribution in [-0.2, 0) is 0 Å². The Hall–Kier alpha value is -2.03. The van der Waals surface area contributed by atoms with Gasteiger partial charge in [0.15, 0.2) is 0 Å². The topological polar surface area (TPSA) is 21.3 Å². The normalized spacial score (nSPS) is 12.1. The number of aryl methyl sites for hydroxylation is 2. The lowest BCUT2D eigenvalue weighted by Crippen LogP contribution is -2.09. The van der Waals surface area contributed by atoms with Crippen molar-refractivity contribution in [1.29, 1.82) is 0 Å². The van der Waals surface area contributed by atoms with Crippen LogP contribution in [0.3, 0.4) is 0 Å². The predicted molar refractivity (Wildman–Crippen MR) is 80.9 cm³/mol. The van der Waals surface area contributed by atoms with E-state index >= 15 is 0 Å². The highest BCUT2D eigenvalue weighted by Crippen LogP contribution is 2.27. The van der Waals surface area contributed by atoms with Crippen LogP contribution in [0.4, 0.5) is 10.1 Å². The van der Waals surface area contributed by atoms with Gasteiger partial charge in [0.25, 0.3) is 0 Å². The van der Waals surface area contributed by atoms with Crippen molar-refractivity contribution in [3.8, 4) is 5.75 Å². The monoisotopic (exact) mass is 273 g/mol. The van der Waals surface area contributed by atoms with Gasteiger partial charge < -0.3 is 10.1 Å². The van der Waals surface area contributed by atoms with Crippen LogP contribution in [0.2, 0.25) is 0 Å². The standard InChI is InChI=1S/C17H20FNO/c1-11-5-6-12(2)15(9-11)13(3)19-17-10-14(20-4)7-8-16(17)18/h5-10,13,19H,1-4H3. The number of rotatable bonds is 4. The van der Waals surface area contributed by atoms with E-state index in [2.05, 4.69) is 37.4 Å². The lowest BCUT2D eigenvalue weighted by Gasteiger charge is -2.19. The molecule has 0 aliphatic carbocycles. The number of hydrogen-bond donors (Lipinski definition) is 1. The van der Waals surface area contributed by atoms with Crippen molar-refractivity contribution < 1.29 is 9.13 Å². The van der Waals surface area contributed by atoms with Gasteiger partial charge >= 0.3 is 0 Å². The van der Waals surface area contributed by atoms with Gasteiger partial charge in [0.2, 0.25) is 0 Å². The summed E-state index contributed by atoms with van der Waals surface area (Å²) in [4.78, 5) is 0. The summed E-state index contributed by atoms with van der Waals surface area (Å²) in [5.41, 5.74) is 4.02. The molecule has 106 valence electrons. The molecule has 0 saturated carbocycles. The number of benzene rings is 2. The minimum absolute atomic E-state index is 0.0245. The average molecular weight is 273 g/mol. The van der Waals surface area contributed by atoms with Gasteiger partial charge in [-0.15, -0.1) is 0 Å². The summed E-state index contributed by atoms with van der Waals surface area (Å²) in [6.45, 7) is 6.15. The zero-order valence-corrected chi connectivity index (χ0v) is 12.3. The van der Waals surface area contributed by atoms with Crippen LogP contribution < -0.4 is 10.1 Å². The molecule has 0 bridgehead atoms. The smallest absolute Gasteiger partial charge is 0.146 e. The van der Waals surface area contributed by atoms with E-state index in [0.29, 0.717) is 11.4 Å². The maximum absolute atomic E-state index is 13.8. The van der Waals surface area contributed by atoms with Crippen molar-refractivity contribution in [2.45, 2.75) is 26.8 Å². The molecule has 0 heterocycles. The van der Waals surface area contributed by atoms with Gasteiger partial charge in [0.05, 0.1) is 12.8 Å². The first-order valence-electron chi connectivity index (χ1n) is 6.68. The zero-order chi connectivity index (χ0) is 14.7. The zero-order valence-electron chi connectivity index (χ0n) is 12.3. The number of methoxy groups -OCH3 is 1. The van der Waals surface area contributed by atoms with Crippen molar-refractivity contribution in [1.82, 2.24) is 0 Å². The van der Waals surface area contributed by atoms with Crippen molar-refractivity contribution >= 4 is 5.69 Å². The molecule has 3 heteroatoms. The van der Waals surface area contributed by atoms with Crippen LogP contribution >= 0.6 is 0 Å².